The average Bonchev–Trinajstić information content (AvgIpc) is 1.97. The quantitative estimate of drug-likeness (QED) is 0.735. The van der Waals surface area contributed by atoms with Crippen LogP contribution in [0, 0.1) is 5.92 Å². The molecule has 0 spiro atoms. The Morgan fingerprint density at radius 2 is 1.64 bits per heavy atom. The van der Waals surface area contributed by atoms with Crippen molar-refractivity contribution in [3.8, 4) is 0 Å². The molecule has 0 rings (SSSR count). The van der Waals surface area contributed by atoms with Crippen LogP contribution in [0.15, 0.2) is 0 Å². The Balaban J connectivity index is 4.13. The Labute approximate surface area is 90.3 Å². The van der Waals surface area contributed by atoms with Gasteiger partial charge >= 0.3 is 0 Å². The lowest BCUT2D eigenvalue weighted by Crippen LogP contribution is -2.45. The second kappa shape index (κ2) is 4.77. The minimum Gasteiger partial charge on any atom is -0.415 e. The van der Waals surface area contributed by atoms with E-state index in [0.29, 0.717) is 12.5 Å². The van der Waals surface area contributed by atoms with Crippen LogP contribution in [-0.4, -0.2) is 21.0 Å². The maximum absolute atomic E-state index is 6.03. The third kappa shape index (κ3) is 4.11. The van der Waals surface area contributed by atoms with Crippen molar-refractivity contribution in [3.63, 3.8) is 0 Å². The SMILES string of the molecule is CC(C)[C@@H](N)CO[Si](C)(C)C(C)(C)C. The summed E-state index contributed by atoms with van der Waals surface area (Å²) >= 11 is 0. The van der Waals surface area contributed by atoms with Gasteiger partial charge in [-0.25, -0.2) is 0 Å². The van der Waals surface area contributed by atoms with Crippen molar-refractivity contribution in [1.29, 1.82) is 0 Å². The highest BCUT2D eigenvalue weighted by Crippen LogP contribution is 2.36. The maximum Gasteiger partial charge on any atom is 0.192 e. The Hall–Kier alpha value is 0.137. The van der Waals surface area contributed by atoms with E-state index in [2.05, 4.69) is 47.7 Å². The van der Waals surface area contributed by atoms with Gasteiger partial charge in [-0.1, -0.05) is 34.6 Å². The fourth-order valence-electron chi connectivity index (χ4n) is 0.714. The van der Waals surface area contributed by atoms with Crippen molar-refractivity contribution in [3.05, 3.63) is 0 Å². The van der Waals surface area contributed by atoms with Crippen LogP contribution in [0.1, 0.15) is 34.6 Å². The van der Waals surface area contributed by atoms with Gasteiger partial charge in [-0.3, -0.25) is 0 Å². The number of nitrogens with two attached hydrogens (primary N) is 1. The fraction of sp³-hybridized carbons (Fsp3) is 1.00. The third-order valence-electron chi connectivity index (χ3n) is 3.30. The van der Waals surface area contributed by atoms with Crippen molar-refractivity contribution in [2.24, 2.45) is 11.7 Å². The van der Waals surface area contributed by atoms with Crippen LogP contribution >= 0.6 is 0 Å². The molecular formula is C11H27NOSi. The summed E-state index contributed by atoms with van der Waals surface area (Å²) in [7, 11) is -1.59. The first-order chi connectivity index (χ1) is 6.08. The zero-order chi connectivity index (χ0) is 11.6. The Kier molecular flexibility index (Phi) is 4.82. The molecule has 0 aliphatic carbocycles. The van der Waals surface area contributed by atoms with Gasteiger partial charge in [0, 0.05) is 12.6 Å². The molecule has 2 N–H and O–H groups in total. The molecule has 0 aromatic carbocycles. The van der Waals surface area contributed by atoms with Gasteiger partial charge < -0.3 is 10.2 Å². The molecule has 86 valence electrons. The van der Waals surface area contributed by atoms with E-state index >= 15 is 0 Å². The highest BCUT2D eigenvalue weighted by Gasteiger charge is 2.37. The molecule has 0 aliphatic rings. The zero-order valence-corrected chi connectivity index (χ0v) is 11.8. The second-order valence-electron chi connectivity index (χ2n) is 5.98. The molecule has 14 heavy (non-hydrogen) atoms. The lowest BCUT2D eigenvalue weighted by atomic mass is 10.1. The molecule has 0 heterocycles. The Morgan fingerprint density at radius 3 is 1.93 bits per heavy atom. The van der Waals surface area contributed by atoms with Crippen molar-refractivity contribution in [1.82, 2.24) is 0 Å². The van der Waals surface area contributed by atoms with Crippen molar-refractivity contribution in [2.45, 2.75) is 58.8 Å². The van der Waals surface area contributed by atoms with Gasteiger partial charge in [0.15, 0.2) is 8.32 Å². The summed E-state index contributed by atoms with van der Waals surface area (Å²) in [6, 6.07) is 0.170. The first-order valence-corrected chi connectivity index (χ1v) is 8.38. The highest BCUT2D eigenvalue weighted by atomic mass is 28.4. The standard InChI is InChI=1S/C11H27NOSi/c1-9(2)10(12)8-13-14(6,7)11(3,4)5/h9-10H,8,12H2,1-7H3/t10-/m0/s1. The van der Waals surface area contributed by atoms with E-state index in [0.717, 1.165) is 0 Å². The number of hydrogen-bond donors (Lipinski definition) is 1. The molecule has 0 bridgehead atoms. The molecule has 3 heteroatoms. The molecule has 0 unspecified atom stereocenters. The van der Waals surface area contributed by atoms with Gasteiger partial charge in [-0.05, 0) is 24.1 Å². The number of rotatable bonds is 4. The summed E-state index contributed by atoms with van der Waals surface area (Å²) < 4.78 is 6.03. The molecule has 0 saturated carbocycles. The minimum absolute atomic E-state index is 0.170. The molecule has 0 amide bonds. The van der Waals surface area contributed by atoms with E-state index in [-0.39, 0.29) is 11.1 Å². The molecule has 0 radical (unpaired) electrons. The van der Waals surface area contributed by atoms with Gasteiger partial charge in [0.05, 0.1) is 0 Å². The van der Waals surface area contributed by atoms with E-state index in [1.165, 1.54) is 0 Å². The topological polar surface area (TPSA) is 35.2 Å². The van der Waals surface area contributed by atoms with Crippen LogP contribution in [0.3, 0.4) is 0 Å². The maximum atomic E-state index is 6.03. The van der Waals surface area contributed by atoms with Crippen LogP contribution in [0.25, 0.3) is 0 Å². The molecule has 0 saturated heterocycles. The first-order valence-electron chi connectivity index (χ1n) is 5.47. The largest absolute Gasteiger partial charge is 0.415 e. The molecule has 0 aliphatic heterocycles. The lowest BCUT2D eigenvalue weighted by molar-refractivity contribution is 0.238. The van der Waals surface area contributed by atoms with Crippen LogP contribution in [0.4, 0.5) is 0 Å². The molecular weight excluding hydrogens is 190 g/mol. The van der Waals surface area contributed by atoms with Gasteiger partial charge in [-0.2, -0.15) is 0 Å². The second-order valence-corrected chi connectivity index (χ2v) is 10.8. The van der Waals surface area contributed by atoms with Gasteiger partial charge in [0.25, 0.3) is 0 Å². The van der Waals surface area contributed by atoms with Crippen LogP contribution in [-0.2, 0) is 4.43 Å². The summed E-state index contributed by atoms with van der Waals surface area (Å²) in [6.07, 6.45) is 0. The highest BCUT2D eigenvalue weighted by molar-refractivity contribution is 6.74. The summed E-state index contributed by atoms with van der Waals surface area (Å²) in [5, 5.41) is 0.281. The minimum atomic E-state index is -1.59. The van der Waals surface area contributed by atoms with Crippen LogP contribution in [0.2, 0.25) is 18.1 Å². The average molecular weight is 217 g/mol. The predicted molar refractivity (Wildman–Crippen MR) is 66.0 cm³/mol. The van der Waals surface area contributed by atoms with Gasteiger partial charge in [-0.15, -0.1) is 0 Å². The molecule has 2 nitrogen and oxygen atoms in total. The third-order valence-corrected chi connectivity index (χ3v) is 7.80. The van der Waals surface area contributed by atoms with E-state index < -0.39 is 8.32 Å². The molecule has 1 atom stereocenters. The molecule has 0 aromatic heterocycles. The lowest BCUT2D eigenvalue weighted by Gasteiger charge is -2.37. The summed E-state index contributed by atoms with van der Waals surface area (Å²) in [6.45, 7) is 16.3. The summed E-state index contributed by atoms with van der Waals surface area (Å²) in [4.78, 5) is 0. The molecule has 0 aromatic rings. The summed E-state index contributed by atoms with van der Waals surface area (Å²) in [5.41, 5.74) is 5.96. The molecule has 0 fully saturated rings. The van der Waals surface area contributed by atoms with Gasteiger partial charge in [0.2, 0.25) is 0 Å². The Bertz CT molecular complexity index is 173. The van der Waals surface area contributed by atoms with Crippen molar-refractivity contribution < 1.29 is 4.43 Å². The number of hydrogen-bond acceptors (Lipinski definition) is 2. The van der Waals surface area contributed by atoms with Crippen molar-refractivity contribution in [2.75, 3.05) is 6.61 Å². The van der Waals surface area contributed by atoms with Crippen LogP contribution < -0.4 is 5.73 Å². The first kappa shape index (κ1) is 14.1. The smallest absolute Gasteiger partial charge is 0.192 e. The van der Waals surface area contributed by atoms with Gasteiger partial charge in [0.1, 0.15) is 0 Å². The fourth-order valence-corrected chi connectivity index (χ4v) is 1.76. The van der Waals surface area contributed by atoms with E-state index in [1.807, 2.05) is 0 Å². The zero-order valence-electron chi connectivity index (χ0n) is 10.8. The van der Waals surface area contributed by atoms with E-state index in [9.17, 15) is 0 Å². The van der Waals surface area contributed by atoms with Crippen molar-refractivity contribution >= 4 is 8.32 Å². The monoisotopic (exact) mass is 217 g/mol. The summed E-state index contributed by atoms with van der Waals surface area (Å²) in [5.74, 6) is 0.500. The predicted octanol–water partition coefficient (Wildman–Crippen LogP) is 2.99. The van der Waals surface area contributed by atoms with E-state index in [1.54, 1.807) is 0 Å². The normalized spacial score (nSPS) is 16.1. The van der Waals surface area contributed by atoms with E-state index in [4.69, 9.17) is 10.2 Å². The Morgan fingerprint density at radius 1 is 1.21 bits per heavy atom. The van der Waals surface area contributed by atoms with Crippen LogP contribution in [0.5, 0.6) is 0 Å².